The Hall–Kier alpha value is -2.11. The van der Waals surface area contributed by atoms with E-state index in [4.69, 9.17) is 0 Å². The number of hydrogen-bond acceptors (Lipinski definition) is 3. The standard InChI is InChI=1S/C16H15BrN4/c17-14-11-19-21(12-14)16-9-5-4-6-13(16)10-18-20-15-7-2-1-3-8-15/h1-9,11-12,18,20H,10H2. The van der Waals surface area contributed by atoms with E-state index in [1.165, 1.54) is 0 Å². The van der Waals surface area contributed by atoms with Crippen molar-refractivity contribution in [2.24, 2.45) is 0 Å². The summed E-state index contributed by atoms with van der Waals surface area (Å²) in [5.41, 5.74) is 9.68. The lowest BCUT2D eigenvalue weighted by molar-refractivity contribution is 0.778. The minimum absolute atomic E-state index is 0.697. The molecule has 2 aromatic carbocycles. The molecule has 0 saturated carbocycles. The number of nitrogens with zero attached hydrogens (tertiary/aromatic N) is 2. The first-order valence-corrected chi connectivity index (χ1v) is 7.44. The summed E-state index contributed by atoms with van der Waals surface area (Å²) < 4.78 is 2.83. The van der Waals surface area contributed by atoms with Gasteiger partial charge in [-0.2, -0.15) is 5.10 Å². The predicted molar refractivity (Wildman–Crippen MR) is 88.2 cm³/mol. The Morgan fingerprint density at radius 3 is 2.52 bits per heavy atom. The van der Waals surface area contributed by atoms with Crippen LogP contribution in [-0.4, -0.2) is 9.78 Å². The van der Waals surface area contributed by atoms with Crippen LogP contribution in [0, 0.1) is 0 Å². The lowest BCUT2D eigenvalue weighted by atomic mass is 10.2. The van der Waals surface area contributed by atoms with Crippen LogP contribution in [0.15, 0.2) is 71.5 Å². The molecule has 0 atom stereocenters. The first kappa shape index (κ1) is 13.9. The summed E-state index contributed by atoms with van der Waals surface area (Å²) in [6.07, 6.45) is 3.73. The van der Waals surface area contributed by atoms with Gasteiger partial charge in [0.1, 0.15) is 0 Å². The number of hydrogen-bond donors (Lipinski definition) is 2. The summed E-state index contributed by atoms with van der Waals surface area (Å²) in [7, 11) is 0. The lowest BCUT2D eigenvalue weighted by Crippen LogP contribution is -2.21. The zero-order valence-electron chi connectivity index (χ0n) is 11.3. The highest BCUT2D eigenvalue weighted by molar-refractivity contribution is 9.10. The van der Waals surface area contributed by atoms with Gasteiger partial charge in [0.25, 0.3) is 0 Å². The van der Waals surface area contributed by atoms with Crippen molar-refractivity contribution in [1.29, 1.82) is 0 Å². The van der Waals surface area contributed by atoms with Gasteiger partial charge in [-0.15, -0.1) is 0 Å². The van der Waals surface area contributed by atoms with Crippen LogP contribution in [0.4, 0.5) is 5.69 Å². The Bertz CT molecular complexity index is 709. The second-order valence-corrected chi connectivity index (χ2v) is 5.49. The Kier molecular flexibility index (Phi) is 4.33. The molecule has 0 spiro atoms. The van der Waals surface area contributed by atoms with Crippen LogP contribution in [0.5, 0.6) is 0 Å². The molecule has 106 valence electrons. The van der Waals surface area contributed by atoms with E-state index in [1.807, 2.05) is 53.3 Å². The number of anilines is 1. The van der Waals surface area contributed by atoms with E-state index in [0.717, 1.165) is 21.4 Å². The van der Waals surface area contributed by atoms with Gasteiger partial charge in [-0.3, -0.25) is 0 Å². The quantitative estimate of drug-likeness (QED) is 0.694. The van der Waals surface area contributed by atoms with Crippen LogP contribution in [0.2, 0.25) is 0 Å². The first-order chi connectivity index (χ1) is 10.3. The molecule has 1 aromatic heterocycles. The fourth-order valence-corrected chi connectivity index (χ4v) is 2.36. The SMILES string of the molecule is Brc1cnn(-c2ccccc2CNNc2ccccc2)c1. The number of para-hydroxylation sites is 2. The smallest absolute Gasteiger partial charge is 0.0691 e. The second-order valence-electron chi connectivity index (χ2n) is 4.58. The third-order valence-electron chi connectivity index (χ3n) is 3.07. The molecule has 3 rings (SSSR count). The second kappa shape index (κ2) is 6.56. The predicted octanol–water partition coefficient (Wildman–Crippen LogP) is 3.75. The van der Waals surface area contributed by atoms with Gasteiger partial charge in [-0.1, -0.05) is 36.4 Å². The van der Waals surface area contributed by atoms with Crippen molar-refractivity contribution in [2.75, 3.05) is 5.43 Å². The van der Waals surface area contributed by atoms with E-state index in [0.29, 0.717) is 6.54 Å². The Morgan fingerprint density at radius 1 is 1.00 bits per heavy atom. The highest BCUT2D eigenvalue weighted by atomic mass is 79.9. The number of halogens is 1. The maximum Gasteiger partial charge on any atom is 0.0691 e. The molecule has 0 aliphatic carbocycles. The molecule has 21 heavy (non-hydrogen) atoms. The summed E-state index contributed by atoms with van der Waals surface area (Å²) in [4.78, 5) is 0. The number of aromatic nitrogens is 2. The summed E-state index contributed by atoms with van der Waals surface area (Å²) >= 11 is 3.43. The molecule has 2 N–H and O–H groups in total. The fourth-order valence-electron chi connectivity index (χ4n) is 2.08. The van der Waals surface area contributed by atoms with Crippen LogP contribution in [0.1, 0.15) is 5.56 Å². The normalized spacial score (nSPS) is 10.5. The highest BCUT2D eigenvalue weighted by Gasteiger charge is 2.05. The molecule has 0 saturated heterocycles. The maximum atomic E-state index is 4.33. The summed E-state index contributed by atoms with van der Waals surface area (Å²) in [6, 6.07) is 18.2. The largest absolute Gasteiger partial charge is 0.321 e. The molecule has 5 heteroatoms. The summed E-state index contributed by atoms with van der Waals surface area (Å²) in [6.45, 7) is 0.697. The molecule has 0 bridgehead atoms. The zero-order chi connectivity index (χ0) is 14.5. The lowest BCUT2D eigenvalue weighted by Gasteiger charge is -2.12. The molecular weight excluding hydrogens is 328 g/mol. The molecule has 4 nitrogen and oxygen atoms in total. The van der Waals surface area contributed by atoms with Crippen molar-refractivity contribution in [1.82, 2.24) is 15.2 Å². The van der Waals surface area contributed by atoms with Gasteiger partial charge in [-0.05, 0) is 39.7 Å². The molecule has 0 fully saturated rings. The minimum atomic E-state index is 0.697. The molecule has 0 unspecified atom stereocenters. The number of nitrogens with one attached hydrogen (secondary N) is 2. The number of benzene rings is 2. The molecule has 0 radical (unpaired) electrons. The van der Waals surface area contributed by atoms with Crippen LogP contribution >= 0.6 is 15.9 Å². The van der Waals surface area contributed by atoms with Crippen LogP contribution in [0.25, 0.3) is 5.69 Å². The Balaban J connectivity index is 1.71. The third-order valence-corrected chi connectivity index (χ3v) is 3.48. The molecule has 0 aliphatic heterocycles. The van der Waals surface area contributed by atoms with Crippen molar-refractivity contribution in [2.45, 2.75) is 6.54 Å². The van der Waals surface area contributed by atoms with E-state index >= 15 is 0 Å². The maximum absolute atomic E-state index is 4.33. The highest BCUT2D eigenvalue weighted by Crippen LogP contribution is 2.16. The van der Waals surface area contributed by atoms with E-state index in [-0.39, 0.29) is 0 Å². The van der Waals surface area contributed by atoms with Gasteiger partial charge >= 0.3 is 0 Å². The summed E-state index contributed by atoms with van der Waals surface area (Å²) in [5, 5.41) is 4.33. The number of rotatable bonds is 5. The Morgan fingerprint density at radius 2 is 1.76 bits per heavy atom. The molecule has 1 heterocycles. The van der Waals surface area contributed by atoms with Gasteiger partial charge in [0, 0.05) is 18.4 Å². The molecular formula is C16H15BrN4. The fraction of sp³-hybridized carbons (Fsp3) is 0.0625. The monoisotopic (exact) mass is 342 g/mol. The van der Waals surface area contributed by atoms with Gasteiger partial charge in [0.05, 0.1) is 16.4 Å². The average Bonchev–Trinajstić information content (AvgIpc) is 2.95. The average molecular weight is 343 g/mol. The van der Waals surface area contributed by atoms with Gasteiger partial charge < -0.3 is 5.43 Å². The van der Waals surface area contributed by atoms with Crippen molar-refractivity contribution < 1.29 is 0 Å². The Labute approximate surface area is 131 Å². The van der Waals surface area contributed by atoms with Crippen molar-refractivity contribution >= 4 is 21.6 Å². The van der Waals surface area contributed by atoms with Crippen LogP contribution in [-0.2, 0) is 6.54 Å². The van der Waals surface area contributed by atoms with Gasteiger partial charge in [-0.25, -0.2) is 10.1 Å². The molecule has 0 amide bonds. The van der Waals surface area contributed by atoms with Crippen molar-refractivity contribution in [3.8, 4) is 5.69 Å². The van der Waals surface area contributed by atoms with Crippen molar-refractivity contribution in [3.63, 3.8) is 0 Å². The number of hydrazine groups is 1. The topological polar surface area (TPSA) is 41.9 Å². The third kappa shape index (κ3) is 3.51. The van der Waals surface area contributed by atoms with Crippen LogP contribution < -0.4 is 10.9 Å². The van der Waals surface area contributed by atoms with E-state index in [2.05, 4.69) is 44.0 Å². The minimum Gasteiger partial charge on any atom is -0.321 e. The van der Waals surface area contributed by atoms with Crippen LogP contribution in [0.3, 0.4) is 0 Å². The molecule has 3 aromatic rings. The first-order valence-electron chi connectivity index (χ1n) is 6.65. The van der Waals surface area contributed by atoms with E-state index in [9.17, 15) is 0 Å². The van der Waals surface area contributed by atoms with Gasteiger partial charge in [0.2, 0.25) is 0 Å². The van der Waals surface area contributed by atoms with E-state index < -0.39 is 0 Å². The van der Waals surface area contributed by atoms with Crippen molar-refractivity contribution in [3.05, 3.63) is 77.0 Å². The zero-order valence-corrected chi connectivity index (χ0v) is 12.9. The van der Waals surface area contributed by atoms with Gasteiger partial charge in [0.15, 0.2) is 0 Å². The van der Waals surface area contributed by atoms with E-state index in [1.54, 1.807) is 6.20 Å². The molecule has 0 aliphatic rings. The summed E-state index contributed by atoms with van der Waals surface area (Å²) in [5.74, 6) is 0.